The maximum atomic E-state index is 12.8. The fourth-order valence-corrected chi connectivity index (χ4v) is 4.91. The van der Waals surface area contributed by atoms with E-state index in [0.29, 0.717) is 34.2 Å². The van der Waals surface area contributed by atoms with Crippen LogP contribution in [-0.2, 0) is 4.79 Å². The van der Waals surface area contributed by atoms with Gasteiger partial charge in [-0.05, 0) is 82.3 Å². The van der Waals surface area contributed by atoms with Crippen LogP contribution in [0.1, 0.15) is 39.0 Å². The lowest BCUT2D eigenvalue weighted by atomic mass is 9.94. The van der Waals surface area contributed by atoms with E-state index in [2.05, 4.69) is 10.2 Å². The van der Waals surface area contributed by atoms with Crippen LogP contribution in [-0.4, -0.2) is 71.9 Å². The summed E-state index contributed by atoms with van der Waals surface area (Å²) in [6.45, 7) is 7.10. The molecule has 2 heterocycles. The predicted octanol–water partition coefficient (Wildman–Crippen LogP) is 4.32. The number of benzene rings is 1. The van der Waals surface area contributed by atoms with Crippen molar-refractivity contribution in [1.82, 2.24) is 14.7 Å². The molecule has 3 fully saturated rings. The zero-order valence-corrected chi connectivity index (χ0v) is 19.0. The van der Waals surface area contributed by atoms with E-state index in [1.54, 1.807) is 30.0 Å². The zero-order valence-electron chi connectivity index (χ0n) is 17.5. The Kier molecular flexibility index (Phi) is 6.47. The Labute approximate surface area is 188 Å². The smallest absolute Gasteiger partial charge is 0.322 e. The molecule has 1 aliphatic carbocycles. The second-order valence-corrected chi connectivity index (χ2v) is 9.76. The Morgan fingerprint density at radius 2 is 1.80 bits per heavy atom. The maximum absolute atomic E-state index is 12.8. The molecule has 3 aliphatic rings. The van der Waals surface area contributed by atoms with Gasteiger partial charge in [0.1, 0.15) is 6.04 Å². The van der Waals surface area contributed by atoms with E-state index in [1.807, 2.05) is 4.90 Å². The molecule has 1 saturated carbocycles. The normalized spacial score (nSPS) is 23.7. The lowest BCUT2D eigenvalue weighted by Gasteiger charge is -2.39. The molecule has 6 nitrogen and oxygen atoms in total. The number of urea groups is 1. The average Bonchev–Trinajstić information content (AvgIpc) is 3.48. The van der Waals surface area contributed by atoms with Crippen LogP contribution in [0.25, 0.3) is 0 Å². The van der Waals surface area contributed by atoms with Crippen molar-refractivity contribution in [2.24, 2.45) is 5.41 Å². The number of halogens is 2. The molecule has 1 spiro atoms. The number of rotatable bonds is 5. The minimum atomic E-state index is -0.480. The van der Waals surface area contributed by atoms with E-state index in [-0.39, 0.29) is 11.9 Å². The first kappa shape index (κ1) is 21.7. The van der Waals surface area contributed by atoms with Crippen molar-refractivity contribution in [3.63, 3.8) is 0 Å². The zero-order chi connectivity index (χ0) is 21.3. The Morgan fingerprint density at radius 3 is 2.47 bits per heavy atom. The van der Waals surface area contributed by atoms with Crippen LogP contribution in [0.15, 0.2) is 18.2 Å². The summed E-state index contributed by atoms with van der Waals surface area (Å²) in [6, 6.07) is 4.16. The van der Waals surface area contributed by atoms with Gasteiger partial charge in [0, 0.05) is 25.3 Å². The number of carbonyl (C=O) groups excluding carboxylic acids is 2. The number of hydrogen-bond acceptors (Lipinski definition) is 3. The van der Waals surface area contributed by atoms with Gasteiger partial charge >= 0.3 is 6.03 Å². The Balaban J connectivity index is 1.23. The molecule has 1 aromatic rings. The molecule has 4 rings (SSSR count). The number of amides is 3. The minimum Gasteiger partial charge on any atom is -0.339 e. The lowest BCUT2D eigenvalue weighted by molar-refractivity contribution is -0.139. The summed E-state index contributed by atoms with van der Waals surface area (Å²) in [4.78, 5) is 31.5. The van der Waals surface area contributed by atoms with Crippen molar-refractivity contribution in [3.05, 3.63) is 28.2 Å². The van der Waals surface area contributed by atoms with E-state index in [0.717, 1.165) is 19.5 Å². The van der Waals surface area contributed by atoms with Crippen molar-refractivity contribution >= 4 is 40.8 Å². The minimum absolute atomic E-state index is 0.0149. The topological polar surface area (TPSA) is 55.9 Å². The maximum Gasteiger partial charge on any atom is 0.322 e. The number of hydrogen-bond donors (Lipinski definition) is 1. The number of anilines is 1. The van der Waals surface area contributed by atoms with Crippen LogP contribution in [0, 0.1) is 5.41 Å². The Morgan fingerprint density at radius 1 is 1.07 bits per heavy atom. The quantitative estimate of drug-likeness (QED) is 0.723. The van der Waals surface area contributed by atoms with E-state index in [4.69, 9.17) is 23.2 Å². The van der Waals surface area contributed by atoms with Crippen LogP contribution < -0.4 is 5.32 Å². The fraction of sp³-hybridized carbons (Fsp3) is 0.636. The predicted molar refractivity (Wildman–Crippen MR) is 120 cm³/mol. The highest BCUT2D eigenvalue weighted by molar-refractivity contribution is 6.42. The van der Waals surface area contributed by atoms with Crippen LogP contribution in [0.3, 0.4) is 0 Å². The van der Waals surface area contributed by atoms with Crippen molar-refractivity contribution in [1.29, 1.82) is 0 Å². The molecule has 30 heavy (non-hydrogen) atoms. The second kappa shape index (κ2) is 8.93. The molecule has 2 saturated heterocycles. The van der Waals surface area contributed by atoms with E-state index in [1.165, 1.54) is 38.8 Å². The molecule has 0 bridgehead atoms. The summed E-state index contributed by atoms with van der Waals surface area (Å²) in [7, 11) is 0. The molecule has 8 heteroatoms. The number of nitrogens with one attached hydrogen (secondary N) is 1. The van der Waals surface area contributed by atoms with Gasteiger partial charge in [0.25, 0.3) is 0 Å². The number of nitrogens with zero attached hydrogens (tertiary/aromatic N) is 3. The van der Waals surface area contributed by atoms with Crippen LogP contribution >= 0.6 is 23.2 Å². The molecule has 2 aliphatic heterocycles. The van der Waals surface area contributed by atoms with E-state index >= 15 is 0 Å². The molecule has 0 aromatic heterocycles. The third kappa shape index (κ3) is 4.87. The van der Waals surface area contributed by atoms with E-state index < -0.39 is 6.04 Å². The SMILES string of the molecule is CC1C(=O)N(CCCN2CCC3(CC2)CC3)CCN1C(=O)Nc1ccc(Cl)c(Cl)c1. The van der Waals surface area contributed by atoms with Crippen molar-refractivity contribution < 1.29 is 9.59 Å². The first-order valence-electron chi connectivity index (χ1n) is 10.9. The van der Waals surface area contributed by atoms with Gasteiger partial charge in [-0.15, -0.1) is 0 Å². The standard InChI is InChI=1S/C22H30Cl2N4O2/c1-16-20(29)27(10-2-9-26-11-7-22(5-6-22)8-12-26)13-14-28(16)21(30)25-17-3-4-18(23)19(24)15-17/h3-4,15-16H,2,5-14H2,1H3,(H,25,30). The summed E-state index contributed by atoms with van der Waals surface area (Å²) < 4.78 is 0. The van der Waals surface area contributed by atoms with Gasteiger partial charge < -0.3 is 20.0 Å². The highest BCUT2D eigenvalue weighted by Gasteiger charge is 2.44. The Hall–Kier alpha value is -1.50. The average molecular weight is 453 g/mol. The molecule has 3 amide bonds. The van der Waals surface area contributed by atoms with Gasteiger partial charge in [0.2, 0.25) is 5.91 Å². The molecule has 1 unspecified atom stereocenters. The first-order chi connectivity index (χ1) is 14.4. The highest BCUT2D eigenvalue weighted by atomic mass is 35.5. The van der Waals surface area contributed by atoms with Crippen molar-refractivity contribution in [2.45, 2.75) is 45.1 Å². The molecule has 0 radical (unpaired) electrons. The third-order valence-electron chi connectivity index (χ3n) is 6.96. The highest BCUT2D eigenvalue weighted by Crippen LogP contribution is 2.53. The van der Waals surface area contributed by atoms with Gasteiger partial charge in [-0.2, -0.15) is 0 Å². The third-order valence-corrected chi connectivity index (χ3v) is 7.69. The second-order valence-electron chi connectivity index (χ2n) is 8.95. The molecule has 1 atom stereocenters. The monoisotopic (exact) mass is 452 g/mol. The number of piperidine rings is 1. The summed E-state index contributed by atoms with van der Waals surface area (Å²) >= 11 is 11.9. The van der Waals surface area contributed by atoms with Crippen molar-refractivity contribution in [3.8, 4) is 0 Å². The molecule has 164 valence electrons. The van der Waals surface area contributed by atoms with Gasteiger partial charge in [-0.3, -0.25) is 4.79 Å². The van der Waals surface area contributed by atoms with Crippen molar-refractivity contribution in [2.75, 3.05) is 44.6 Å². The largest absolute Gasteiger partial charge is 0.339 e. The van der Waals surface area contributed by atoms with Gasteiger partial charge in [-0.25, -0.2) is 4.79 Å². The van der Waals surface area contributed by atoms with Crippen LogP contribution in [0.5, 0.6) is 0 Å². The van der Waals surface area contributed by atoms with E-state index in [9.17, 15) is 9.59 Å². The van der Waals surface area contributed by atoms with Crippen LogP contribution in [0.2, 0.25) is 10.0 Å². The number of likely N-dealkylation sites (tertiary alicyclic amines) is 1. The molecule has 1 N–H and O–H groups in total. The van der Waals surface area contributed by atoms with Gasteiger partial charge in [0.05, 0.1) is 10.0 Å². The molecule has 1 aromatic carbocycles. The van der Waals surface area contributed by atoms with Gasteiger partial charge in [-0.1, -0.05) is 23.2 Å². The first-order valence-corrected chi connectivity index (χ1v) is 11.7. The molecular weight excluding hydrogens is 423 g/mol. The van der Waals surface area contributed by atoms with Gasteiger partial charge in [0.15, 0.2) is 0 Å². The summed E-state index contributed by atoms with van der Waals surface area (Å²) in [5.74, 6) is 0.0149. The number of carbonyl (C=O) groups is 2. The summed E-state index contributed by atoms with van der Waals surface area (Å²) in [5, 5.41) is 3.62. The molecular formula is C22H30Cl2N4O2. The summed E-state index contributed by atoms with van der Waals surface area (Å²) in [5.41, 5.74) is 1.27. The lowest BCUT2D eigenvalue weighted by Crippen LogP contribution is -2.58. The number of piperazine rings is 1. The Bertz CT molecular complexity index is 804. The van der Waals surface area contributed by atoms with Crippen LogP contribution in [0.4, 0.5) is 10.5 Å². The fourth-order valence-electron chi connectivity index (χ4n) is 4.61. The summed E-state index contributed by atoms with van der Waals surface area (Å²) in [6.07, 6.45) is 6.53.